The highest BCUT2D eigenvalue weighted by Crippen LogP contribution is 2.34. The van der Waals surface area contributed by atoms with Gasteiger partial charge in [-0.2, -0.15) is 0 Å². The summed E-state index contributed by atoms with van der Waals surface area (Å²) in [6, 6.07) is 10.9. The van der Waals surface area contributed by atoms with Gasteiger partial charge in [0.2, 0.25) is 0 Å². The summed E-state index contributed by atoms with van der Waals surface area (Å²) in [5, 5.41) is 19.4. The van der Waals surface area contributed by atoms with E-state index in [9.17, 15) is 10.2 Å². The lowest BCUT2D eigenvalue weighted by Crippen LogP contribution is -2.25. The monoisotopic (exact) mass is 400 g/mol. The number of aliphatic hydroxyl groups excluding tert-OH is 1. The first kappa shape index (κ1) is 22.8. The Morgan fingerprint density at radius 3 is 2.55 bits per heavy atom. The number of aromatic hydroxyl groups is 1. The molecule has 0 heterocycles. The Balaban J connectivity index is 2.28. The van der Waals surface area contributed by atoms with Crippen LogP contribution in [0.25, 0.3) is 6.08 Å². The molecule has 158 valence electrons. The van der Waals surface area contributed by atoms with E-state index in [0.717, 1.165) is 24.0 Å². The second kappa shape index (κ2) is 11.5. The van der Waals surface area contributed by atoms with Crippen molar-refractivity contribution in [1.29, 1.82) is 0 Å². The average Bonchev–Trinajstić information content (AvgIpc) is 2.73. The van der Waals surface area contributed by atoms with Crippen molar-refractivity contribution in [3.8, 4) is 17.2 Å². The molecule has 0 spiro atoms. The second-order valence-electron chi connectivity index (χ2n) is 6.92. The Labute approximate surface area is 173 Å². The van der Waals surface area contributed by atoms with Crippen LogP contribution in [0.1, 0.15) is 56.4 Å². The highest BCUT2D eigenvalue weighted by Gasteiger charge is 2.24. The van der Waals surface area contributed by atoms with Crippen LogP contribution >= 0.6 is 0 Å². The summed E-state index contributed by atoms with van der Waals surface area (Å²) in [6.07, 6.45) is 5.27. The number of aliphatic hydroxyl groups is 1. The Hall–Kier alpha value is -2.50. The van der Waals surface area contributed by atoms with Crippen molar-refractivity contribution in [2.45, 2.75) is 52.4 Å². The normalized spacial score (nSPS) is 13.4. The summed E-state index contributed by atoms with van der Waals surface area (Å²) in [4.78, 5) is 0. The van der Waals surface area contributed by atoms with Gasteiger partial charge in [-0.25, -0.2) is 0 Å². The van der Waals surface area contributed by atoms with Crippen molar-refractivity contribution in [2.75, 3.05) is 13.7 Å². The molecule has 5 nitrogen and oxygen atoms in total. The first-order chi connectivity index (χ1) is 14.0. The molecule has 0 saturated heterocycles. The smallest absolute Gasteiger partial charge is 0.161 e. The predicted molar refractivity (Wildman–Crippen MR) is 115 cm³/mol. The minimum Gasteiger partial charge on any atom is -0.508 e. The van der Waals surface area contributed by atoms with Gasteiger partial charge in [0, 0.05) is 12.2 Å². The molecular formula is C24H32O5. The second-order valence-corrected chi connectivity index (χ2v) is 6.92. The molecule has 0 amide bonds. The number of hydrogen-bond donors (Lipinski definition) is 2. The molecule has 0 aromatic heterocycles. The van der Waals surface area contributed by atoms with E-state index in [1.807, 2.05) is 44.2 Å². The molecule has 0 aliphatic heterocycles. The summed E-state index contributed by atoms with van der Waals surface area (Å²) in [6.45, 7) is 6.38. The minimum absolute atomic E-state index is 0.0679. The lowest BCUT2D eigenvalue weighted by Gasteiger charge is -2.27. The standard InChI is InChI=1S/C24H32O5/c1-5-7-13-28-24(19-10-11-21(26)20(15-19)16-25)17(3)29-22-12-9-18(8-6-2)14-23(22)27-4/h6,8-12,14-15,17,24-26H,5,7,13,16H2,1-4H3/b8-6+. The van der Waals surface area contributed by atoms with Crippen LogP contribution < -0.4 is 9.47 Å². The van der Waals surface area contributed by atoms with Gasteiger partial charge in [-0.15, -0.1) is 0 Å². The summed E-state index contributed by atoms with van der Waals surface area (Å²) in [7, 11) is 1.62. The zero-order chi connectivity index (χ0) is 21.2. The molecule has 0 fully saturated rings. The maximum absolute atomic E-state index is 9.89. The number of rotatable bonds is 11. The first-order valence-electron chi connectivity index (χ1n) is 10.1. The molecule has 2 atom stereocenters. The maximum atomic E-state index is 9.89. The van der Waals surface area contributed by atoms with Crippen LogP contribution in [0, 0.1) is 0 Å². The van der Waals surface area contributed by atoms with Gasteiger partial charge >= 0.3 is 0 Å². The van der Waals surface area contributed by atoms with E-state index in [-0.39, 0.29) is 24.6 Å². The van der Waals surface area contributed by atoms with Crippen molar-refractivity contribution >= 4 is 6.08 Å². The molecule has 2 aromatic carbocycles. The number of benzene rings is 2. The molecule has 29 heavy (non-hydrogen) atoms. The van der Waals surface area contributed by atoms with Crippen molar-refractivity contribution in [2.24, 2.45) is 0 Å². The van der Waals surface area contributed by atoms with Crippen molar-refractivity contribution < 1.29 is 24.4 Å². The number of unbranched alkanes of at least 4 members (excludes halogenated alkanes) is 1. The van der Waals surface area contributed by atoms with Gasteiger partial charge in [0.1, 0.15) is 18.0 Å². The minimum atomic E-state index is -0.354. The lowest BCUT2D eigenvalue weighted by atomic mass is 10.0. The van der Waals surface area contributed by atoms with E-state index in [1.54, 1.807) is 25.3 Å². The molecular weight excluding hydrogens is 368 g/mol. The lowest BCUT2D eigenvalue weighted by molar-refractivity contribution is -0.0223. The van der Waals surface area contributed by atoms with Crippen LogP contribution in [0.5, 0.6) is 17.2 Å². The summed E-state index contributed by atoms with van der Waals surface area (Å²) in [5.74, 6) is 1.36. The van der Waals surface area contributed by atoms with Gasteiger partial charge in [0.05, 0.1) is 13.7 Å². The Bertz CT molecular complexity index is 800. The van der Waals surface area contributed by atoms with Gasteiger partial charge in [-0.05, 0) is 55.7 Å². The highest BCUT2D eigenvalue weighted by atomic mass is 16.6. The molecule has 0 radical (unpaired) electrons. The zero-order valence-corrected chi connectivity index (χ0v) is 17.7. The van der Waals surface area contributed by atoms with Gasteiger partial charge < -0.3 is 24.4 Å². The van der Waals surface area contributed by atoms with Gasteiger partial charge in [0.15, 0.2) is 11.5 Å². The van der Waals surface area contributed by atoms with E-state index in [4.69, 9.17) is 14.2 Å². The topological polar surface area (TPSA) is 68.2 Å². The Kier molecular flexibility index (Phi) is 9.03. The van der Waals surface area contributed by atoms with Crippen LogP contribution in [0.4, 0.5) is 0 Å². The molecule has 5 heteroatoms. The third-order valence-corrected chi connectivity index (χ3v) is 4.68. The van der Waals surface area contributed by atoms with E-state index in [1.165, 1.54) is 0 Å². The molecule has 2 N–H and O–H groups in total. The van der Waals surface area contributed by atoms with Gasteiger partial charge in [0.25, 0.3) is 0 Å². The number of phenols is 1. The highest BCUT2D eigenvalue weighted by molar-refractivity contribution is 5.55. The molecule has 2 unspecified atom stereocenters. The molecule has 2 rings (SSSR count). The largest absolute Gasteiger partial charge is 0.508 e. The molecule has 0 aliphatic carbocycles. The van der Waals surface area contributed by atoms with E-state index >= 15 is 0 Å². The Morgan fingerprint density at radius 2 is 1.90 bits per heavy atom. The van der Waals surface area contributed by atoms with Crippen LogP contribution in [0.2, 0.25) is 0 Å². The Morgan fingerprint density at radius 1 is 1.10 bits per heavy atom. The van der Waals surface area contributed by atoms with Crippen molar-refractivity contribution in [3.05, 3.63) is 59.2 Å². The average molecular weight is 401 g/mol. The van der Waals surface area contributed by atoms with Crippen LogP contribution in [0.3, 0.4) is 0 Å². The summed E-state index contributed by atoms with van der Waals surface area (Å²) in [5.41, 5.74) is 2.35. The van der Waals surface area contributed by atoms with Crippen molar-refractivity contribution in [1.82, 2.24) is 0 Å². The van der Waals surface area contributed by atoms with Gasteiger partial charge in [-0.1, -0.05) is 37.6 Å². The summed E-state index contributed by atoms with van der Waals surface area (Å²) < 4.78 is 17.9. The fourth-order valence-corrected chi connectivity index (χ4v) is 3.11. The van der Waals surface area contributed by atoms with E-state index < -0.39 is 0 Å². The van der Waals surface area contributed by atoms with Gasteiger partial charge in [-0.3, -0.25) is 0 Å². The first-order valence-corrected chi connectivity index (χ1v) is 10.1. The van der Waals surface area contributed by atoms with Crippen molar-refractivity contribution in [3.63, 3.8) is 0 Å². The summed E-state index contributed by atoms with van der Waals surface area (Å²) >= 11 is 0. The number of allylic oxidation sites excluding steroid dienone is 1. The van der Waals surface area contributed by atoms with Crippen LogP contribution in [-0.4, -0.2) is 30.0 Å². The molecule has 2 aromatic rings. The van der Waals surface area contributed by atoms with E-state index in [2.05, 4.69) is 6.92 Å². The maximum Gasteiger partial charge on any atom is 0.161 e. The fourth-order valence-electron chi connectivity index (χ4n) is 3.11. The molecule has 0 bridgehead atoms. The number of methoxy groups -OCH3 is 1. The quantitative estimate of drug-likeness (QED) is 0.504. The third-order valence-electron chi connectivity index (χ3n) is 4.68. The molecule has 0 saturated carbocycles. The predicted octanol–water partition coefficient (Wildman–Crippen LogP) is 5.25. The zero-order valence-electron chi connectivity index (χ0n) is 17.7. The van der Waals surface area contributed by atoms with Crippen LogP contribution in [0.15, 0.2) is 42.5 Å². The fraction of sp³-hybridized carbons (Fsp3) is 0.417. The SMILES string of the molecule is C/C=C/c1ccc(OC(C)C(OCCCC)c2ccc(O)c(CO)c2)c(OC)c1. The number of hydrogen-bond acceptors (Lipinski definition) is 5. The van der Waals surface area contributed by atoms with Crippen LogP contribution in [-0.2, 0) is 11.3 Å². The van der Waals surface area contributed by atoms with E-state index in [0.29, 0.717) is 23.7 Å². The third kappa shape index (κ3) is 6.24. The molecule has 0 aliphatic rings. The number of ether oxygens (including phenoxy) is 3.